The molecule has 5 heterocycles. The summed E-state index contributed by atoms with van der Waals surface area (Å²) in [6.45, 7) is 5.86. The second kappa shape index (κ2) is 8.31. The number of aromatic nitrogens is 5. The van der Waals surface area contributed by atoms with Crippen LogP contribution >= 0.6 is 0 Å². The molecular weight excluding hydrogens is 406 g/mol. The van der Waals surface area contributed by atoms with Crippen LogP contribution in [0.5, 0.6) is 0 Å². The van der Waals surface area contributed by atoms with Crippen LogP contribution in [0, 0.1) is 6.92 Å². The number of rotatable bonds is 4. The minimum atomic E-state index is -0.608. The Labute approximate surface area is 186 Å². The van der Waals surface area contributed by atoms with Crippen molar-refractivity contribution in [1.29, 1.82) is 0 Å². The fraction of sp³-hybridized carbons (Fsp3) is 0.435. The molecule has 0 aromatic carbocycles. The minimum Gasteiger partial charge on any atom is -0.352 e. The quantitative estimate of drug-likeness (QED) is 0.675. The lowest BCUT2D eigenvalue weighted by molar-refractivity contribution is -0.162. The third-order valence-corrected chi connectivity index (χ3v) is 6.36. The second-order valence-electron chi connectivity index (χ2n) is 8.36. The third kappa shape index (κ3) is 3.73. The number of carbonyl (C=O) groups excluding carboxylic acids is 1. The van der Waals surface area contributed by atoms with Crippen molar-refractivity contribution in [2.24, 2.45) is 0 Å². The van der Waals surface area contributed by atoms with E-state index in [-0.39, 0.29) is 5.91 Å². The van der Waals surface area contributed by atoms with Gasteiger partial charge in [0.15, 0.2) is 6.10 Å². The molecule has 1 amide bonds. The molecule has 5 rings (SSSR count). The van der Waals surface area contributed by atoms with Gasteiger partial charge in [0.1, 0.15) is 11.4 Å². The molecule has 0 saturated carbocycles. The number of piperidine rings is 1. The second-order valence-corrected chi connectivity index (χ2v) is 8.36. The van der Waals surface area contributed by atoms with Crippen LogP contribution in [-0.2, 0) is 28.1 Å². The first-order valence-corrected chi connectivity index (χ1v) is 11.1. The molecule has 0 aliphatic carbocycles. The Morgan fingerprint density at radius 2 is 1.97 bits per heavy atom. The Kier molecular flexibility index (Phi) is 5.34. The molecule has 1 spiro atoms. The number of hydrogen-bond donors (Lipinski definition) is 1. The van der Waals surface area contributed by atoms with Gasteiger partial charge in [0, 0.05) is 56.9 Å². The van der Waals surface area contributed by atoms with Crippen LogP contribution in [0.3, 0.4) is 0 Å². The van der Waals surface area contributed by atoms with Gasteiger partial charge in [-0.1, -0.05) is 6.92 Å². The molecule has 32 heavy (non-hydrogen) atoms. The van der Waals surface area contributed by atoms with Crippen LogP contribution in [0.2, 0.25) is 0 Å². The Morgan fingerprint density at radius 1 is 1.19 bits per heavy atom. The number of carbonyl (C=O) groups is 1. The Hall–Kier alpha value is -3.33. The van der Waals surface area contributed by atoms with Crippen molar-refractivity contribution in [3.63, 3.8) is 0 Å². The number of fused-ring (bicyclic) bond motifs is 2. The lowest BCUT2D eigenvalue weighted by Gasteiger charge is -2.45. The number of imidazole rings is 1. The molecule has 9 heteroatoms. The highest BCUT2D eigenvalue weighted by atomic mass is 16.5. The lowest BCUT2D eigenvalue weighted by atomic mass is 9.88. The van der Waals surface area contributed by atoms with E-state index in [1.807, 2.05) is 42.2 Å². The van der Waals surface area contributed by atoms with Crippen LogP contribution in [-0.4, -0.2) is 49.6 Å². The molecule has 1 fully saturated rings. The summed E-state index contributed by atoms with van der Waals surface area (Å²) in [7, 11) is 0. The predicted molar refractivity (Wildman–Crippen MR) is 119 cm³/mol. The summed E-state index contributed by atoms with van der Waals surface area (Å²) in [6.07, 6.45) is 10.9. The van der Waals surface area contributed by atoms with Crippen LogP contribution in [0.1, 0.15) is 36.8 Å². The number of pyridine rings is 1. The Bertz CT molecular complexity index is 1100. The standard InChI is InChI=1S/C23H27N7O2/c1-3-17-13-26-22(27-14-17)29-10-6-23(7-11-29)21-25-9-12-30(21)15-19(32-23)20(31)28-18-5-4-8-24-16(18)2/h4-5,8-9,12-14,19H,3,6-7,10-11,15H2,1-2H3,(H,28,31)/t19-/m0/s1. The van der Waals surface area contributed by atoms with Gasteiger partial charge >= 0.3 is 0 Å². The smallest absolute Gasteiger partial charge is 0.255 e. The van der Waals surface area contributed by atoms with E-state index in [2.05, 4.69) is 37.1 Å². The number of hydrogen-bond acceptors (Lipinski definition) is 7. The van der Waals surface area contributed by atoms with E-state index in [9.17, 15) is 4.79 Å². The highest BCUT2D eigenvalue weighted by Gasteiger charge is 2.47. The predicted octanol–water partition coefficient (Wildman–Crippen LogP) is 2.47. The van der Waals surface area contributed by atoms with E-state index >= 15 is 0 Å². The maximum Gasteiger partial charge on any atom is 0.255 e. The maximum absolute atomic E-state index is 13.1. The molecule has 0 unspecified atom stereocenters. The van der Waals surface area contributed by atoms with Gasteiger partial charge in [-0.15, -0.1) is 0 Å². The molecule has 1 N–H and O–H groups in total. The SMILES string of the molecule is CCc1cnc(N2CCC3(CC2)O[C@H](C(=O)Nc2cccnc2C)Cn2ccnc23)nc1. The van der Waals surface area contributed by atoms with Gasteiger partial charge in [-0.05, 0) is 31.0 Å². The van der Waals surface area contributed by atoms with Crippen molar-refractivity contribution < 1.29 is 9.53 Å². The molecule has 166 valence electrons. The number of nitrogens with one attached hydrogen (secondary N) is 1. The summed E-state index contributed by atoms with van der Waals surface area (Å²) >= 11 is 0. The molecular formula is C23H27N7O2. The fourth-order valence-corrected chi connectivity index (χ4v) is 4.47. The normalized spacial score (nSPS) is 19.6. The maximum atomic E-state index is 13.1. The molecule has 3 aromatic heterocycles. The van der Waals surface area contributed by atoms with Crippen LogP contribution < -0.4 is 10.2 Å². The molecule has 3 aromatic rings. The van der Waals surface area contributed by atoms with Crippen molar-refractivity contribution in [3.05, 3.63) is 60.2 Å². The highest BCUT2D eigenvalue weighted by molar-refractivity contribution is 5.94. The van der Waals surface area contributed by atoms with Crippen LogP contribution in [0.4, 0.5) is 11.6 Å². The van der Waals surface area contributed by atoms with E-state index < -0.39 is 11.7 Å². The summed E-state index contributed by atoms with van der Waals surface area (Å²) < 4.78 is 8.56. The molecule has 0 radical (unpaired) electrons. The molecule has 1 atom stereocenters. The third-order valence-electron chi connectivity index (χ3n) is 6.36. The average Bonchev–Trinajstić information content (AvgIpc) is 3.31. The summed E-state index contributed by atoms with van der Waals surface area (Å²) in [5, 5.41) is 2.98. The van der Waals surface area contributed by atoms with Gasteiger partial charge in [0.2, 0.25) is 5.95 Å². The zero-order chi connectivity index (χ0) is 22.1. The molecule has 1 saturated heterocycles. The molecule has 2 aliphatic heterocycles. The average molecular weight is 434 g/mol. The van der Waals surface area contributed by atoms with Crippen molar-refractivity contribution in [2.75, 3.05) is 23.3 Å². The first-order chi connectivity index (χ1) is 15.6. The van der Waals surface area contributed by atoms with Gasteiger partial charge in [-0.2, -0.15) is 0 Å². The summed E-state index contributed by atoms with van der Waals surface area (Å²) in [4.78, 5) is 33.2. The van der Waals surface area contributed by atoms with E-state index in [0.29, 0.717) is 25.1 Å². The lowest BCUT2D eigenvalue weighted by Crippen LogP contribution is -2.53. The summed E-state index contributed by atoms with van der Waals surface area (Å²) in [5.74, 6) is 1.46. The Morgan fingerprint density at radius 3 is 2.69 bits per heavy atom. The first-order valence-electron chi connectivity index (χ1n) is 11.1. The van der Waals surface area contributed by atoms with E-state index in [0.717, 1.165) is 42.5 Å². The van der Waals surface area contributed by atoms with Gasteiger partial charge in [0.25, 0.3) is 5.91 Å². The zero-order valence-corrected chi connectivity index (χ0v) is 18.4. The largest absolute Gasteiger partial charge is 0.352 e. The first kappa shape index (κ1) is 20.6. The van der Waals surface area contributed by atoms with E-state index in [1.54, 1.807) is 12.4 Å². The van der Waals surface area contributed by atoms with Crippen molar-refractivity contribution in [2.45, 2.75) is 51.4 Å². The number of amides is 1. The molecule has 0 bridgehead atoms. The Balaban J connectivity index is 1.33. The molecule has 2 aliphatic rings. The van der Waals surface area contributed by atoms with E-state index in [4.69, 9.17) is 4.74 Å². The topological polar surface area (TPSA) is 98.1 Å². The zero-order valence-electron chi connectivity index (χ0n) is 18.4. The van der Waals surface area contributed by atoms with Crippen molar-refractivity contribution in [3.8, 4) is 0 Å². The highest BCUT2D eigenvalue weighted by Crippen LogP contribution is 2.40. The molecule has 9 nitrogen and oxygen atoms in total. The van der Waals surface area contributed by atoms with Crippen molar-refractivity contribution in [1.82, 2.24) is 24.5 Å². The summed E-state index contributed by atoms with van der Waals surface area (Å²) in [6, 6.07) is 3.66. The van der Waals surface area contributed by atoms with Crippen molar-refractivity contribution >= 4 is 17.5 Å². The number of nitrogens with zero attached hydrogens (tertiary/aromatic N) is 6. The minimum absolute atomic E-state index is 0.166. The van der Waals surface area contributed by atoms with Crippen LogP contribution in [0.15, 0.2) is 43.1 Å². The van der Waals surface area contributed by atoms with Gasteiger partial charge in [-0.25, -0.2) is 15.0 Å². The van der Waals surface area contributed by atoms with Crippen LogP contribution in [0.25, 0.3) is 0 Å². The number of ether oxygens (including phenoxy) is 1. The van der Waals surface area contributed by atoms with E-state index in [1.165, 1.54) is 0 Å². The monoisotopic (exact) mass is 433 g/mol. The van der Waals surface area contributed by atoms with Gasteiger partial charge in [-0.3, -0.25) is 9.78 Å². The van der Waals surface area contributed by atoms with Gasteiger partial charge < -0.3 is 19.5 Å². The number of anilines is 2. The van der Waals surface area contributed by atoms with Gasteiger partial charge in [0.05, 0.1) is 17.9 Å². The fourth-order valence-electron chi connectivity index (χ4n) is 4.47. The summed E-state index contributed by atoms with van der Waals surface area (Å²) in [5.41, 5.74) is 2.00. The number of aryl methyl sites for hydroxylation is 2.